The first-order valence-electron chi connectivity index (χ1n) is 10.3. The van der Waals surface area contributed by atoms with Gasteiger partial charge in [-0.3, -0.25) is 0 Å². The molecular weight excluding hydrogens is 388 g/mol. The highest BCUT2D eigenvalue weighted by atomic mass is 32.1. The predicted molar refractivity (Wildman–Crippen MR) is 110 cm³/mol. The molecule has 1 spiro atoms. The second-order valence-electron chi connectivity index (χ2n) is 8.59. The van der Waals surface area contributed by atoms with Crippen molar-refractivity contribution in [1.82, 2.24) is 14.3 Å². The van der Waals surface area contributed by atoms with E-state index >= 15 is 0 Å². The number of ether oxygens (including phenoxy) is 1. The number of β-amino-alcohol motifs (C(OH)–C–C–N with tert-alkyl or cyclic N) is 1. The molecule has 1 aromatic heterocycles. The Balaban J connectivity index is 1.20. The quantitative estimate of drug-likeness (QED) is 0.770. The number of aliphatic hydroxyl groups is 1. The first kappa shape index (κ1) is 19.0. The van der Waals surface area contributed by atoms with Crippen molar-refractivity contribution >= 4 is 22.6 Å². The number of anilines is 1. The minimum Gasteiger partial charge on any atom is -0.457 e. The molecule has 8 heteroatoms. The summed E-state index contributed by atoms with van der Waals surface area (Å²) in [6.45, 7) is 7.07. The third-order valence-corrected chi connectivity index (χ3v) is 7.70. The van der Waals surface area contributed by atoms with Crippen LogP contribution in [-0.2, 0) is 11.3 Å². The van der Waals surface area contributed by atoms with Gasteiger partial charge >= 0.3 is 5.97 Å². The molecule has 1 atom stereocenters. The third kappa shape index (κ3) is 3.43. The van der Waals surface area contributed by atoms with Gasteiger partial charge in [0.25, 0.3) is 0 Å². The molecule has 4 heterocycles. The Morgan fingerprint density at radius 2 is 2.07 bits per heavy atom. The number of aromatic nitrogens is 2. The van der Waals surface area contributed by atoms with Crippen LogP contribution >= 0.6 is 11.5 Å². The van der Waals surface area contributed by atoms with Gasteiger partial charge < -0.3 is 19.6 Å². The van der Waals surface area contributed by atoms with E-state index in [-0.39, 0.29) is 5.97 Å². The summed E-state index contributed by atoms with van der Waals surface area (Å²) in [6, 6.07) is 3.68. The van der Waals surface area contributed by atoms with Crippen molar-refractivity contribution in [1.29, 1.82) is 0 Å². The van der Waals surface area contributed by atoms with Crippen LogP contribution in [0.3, 0.4) is 0 Å². The molecule has 3 aliphatic rings. The largest absolute Gasteiger partial charge is 0.457 e. The maximum atomic E-state index is 11.7. The number of aliphatic hydroxyl groups excluding tert-OH is 1. The number of benzene rings is 1. The van der Waals surface area contributed by atoms with E-state index in [1.807, 2.05) is 13.0 Å². The van der Waals surface area contributed by atoms with Crippen LogP contribution in [0.4, 0.5) is 5.13 Å². The zero-order chi connectivity index (χ0) is 20.0. The fourth-order valence-electron chi connectivity index (χ4n) is 5.09. The van der Waals surface area contributed by atoms with E-state index in [0.717, 1.165) is 60.8 Å². The monoisotopic (exact) mass is 414 g/mol. The Morgan fingerprint density at radius 3 is 2.83 bits per heavy atom. The first-order chi connectivity index (χ1) is 14.0. The van der Waals surface area contributed by atoms with E-state index in [0.29, 0.717) is 24.1 Å². The van der Waals surface area contributed by atoms with Crippen LogP contribution in [0.25, 0.3) is 0 Å². The van der Waals surface area contributed by atoms with Gasteiger partial charge in [-0.2, -0.15) is 4.37 Å². The topological polar surface area (TPSA) is 78.8 Å². The molecule has 2 aromatic rings. The molecule has 7 nitrogen and oxygen atoms in total. The highest BCUT2D eigenvalue weighted by Gasteiger charge is 2.41. The van der Waals surface area contributed by atoms with Gasteiger partial charge in [-0.15, -0.1) is 0 Å². The van der Waals surface area contributed by atoms with Crippen LogP contribution in [0.1, 0.15) is 52.4 Å². The fraction of sp³-hybridized carbons (Fsp3) is 0.571. The van der Waals surface area contributed by atoms with Crippen LogP contribution in [0.2, 0.25) is 0 Å². The van der Waals surface area contributed by atoms with E-state index in [9.17, 15) is 9.90 Å². The molecule has 2 fully saturated rings. The number of esters is 1. The van der Waals surface area contributed by atoms with Gasteiger partial charge in [0.2, 0.25) is 5.13 Å². The molecule has 5 rings (SSSR count). The lowest BCUT2D eigenvalue weighted by Gasteiger charge is -2.40. The Morgan fingerprint density at radius 1 is 1.28 bits per heavy atom. The molecule has 0 unspecified atom stereocenters. The first-order valence-corrected chi connectivity index (χ1v) is 11.0. The number of carbonyl (C=O) groups is 1. The normalized spacial score (nSPS) is 22.1. The van der Waals surface area contributed by atoms with E-state index in [2.05, 4.69) is 19.2 Å². The Bertz CT molecular complexity index is 909. The Hall–Kier alpha value is -2.03. The number of piperidine rings is 1. The maximum absolute atomic E-state index is 11.7. The summed E-state index contributed by atoms with van der Waals surface area (Å²) in [5.41, 5.74) is 3.82. The van der Waals surface area contributed by atoms with Crippen molar-refractivity contribution in [3.05, 3.63) is 40.7 Å². The Labute approximate surface area is 174 Å². The molecule has 0 amide bonds. The SMILES string of the molecule is Cc1c([C@@H](O)CN2CCC3(CC2)CCN(c2ncns2)C3)ccc2c1COC2=O. The molecule has 0 saturated carbocycles. The zero-order valence-electron chi connectivity index (χ0n) is 16.6. The van der Waals surface area contributed by atoms with Crippen molar-refractivity contribution in [2.24, 2.45) is 5.41 Å². The van der Waals surface area contributed by atoms with Crippen LogP contribution in [0.15, 0.2) is 18.5 Å². The predicted octanol–water partition coefficient (Wildman–Crippen LogP) is 2.54. The maximum Gasteiger partial charge on any atom is 0.338 e. The van der Waals surface area contributed by atoms with Gasteiger partial charge in [-0.1, -0.05) is 6.07 Å². The minimum absolute atomic E-state index is 0.260. The minimum atomic E-state index is -0.550. The van der Waals surface area contributed by atoms with E-state index in [4.69, 9.17) is 4.74 Å². The highest BCUT2D eigenvalue weighted by molar-refractivity contribution is 7.09. The number of nitrogens with zero attached hydrogens (tertiary/aromatic N) is 4. The number of cyclic esters (lactones) is 1. The lowest BCUT2D eigenvalue weighted by atomic mass is 9.77. The van der Waals surface area contributed by atoms with E-state index in [1.54, 1.807) is 12.4 Å². The van der Waals surface area contributed by atoms with Crippen LogP contribution < -0.4 is 4.90 Å². The number of hydrogen-bond donors (Lipinski definition) is 1. The van der Waals surface area contributed by atoms with Crippen molar-refractivity contribution in [3.8, 4) is 0 Å². The zero-order valence-corrected chi connectivity index (χ0v) is 17.5. The fourth-order valence-corrected chi connectivity index (χ4v) is 5.65. The van der Waals surface area contributed by atoms with Gasteiger partial charge in [0.15, 0.2) is 0 Å². The second-order valence-corrected chi connectivity index (χ2v) is 9.35. The molecule has 3 aliphatic heterocycles. The van der Waals surface area contributed by atoms with Gasteiger partial charge in [0.1, 0.15) is 12.9 Å². The molecule has 1 aromatic carbocycles. The summed E-state index contributed by atoms with van der Waals surface area (Å²) in [6.07, 6.45) is 4.60. The summed E-state index contributed by atoms with van der Waals surface area (Å²) in [7, 11) is 0. The van der Waals surface area contributed by atoms with Crippen molar-refractivity contribution in [2.45, 2.75) is 38.9 Å². The number of likely N-dealkylation sites (tertiary alicyclic amines) is 1. The molecule has 0 aliphatic carbocycles. The van der Waals surface area contributed by atoms with Crippen LogP contribution in [0.5, 0.6) is 0 Å². The van der Waals surface area contributed by atoms with Crippen molar-refractivity contribution in [2.75, 3.05) is 37.6 Å². The smallest absolute Gasteiger partial charge is 0.338 e. The van der Waals surface area contributed by atoms with Crippen molar-refractivity contribution in [3.63, 3.8) is 0 Å². The average molecular weight is 415 g/mol. The van der Waals surface area contributed by atoms with E-state index < -0.39 is 6.10 Å². The lowest BCUT2D eigenvalue weighted by molar-refractivity contribution is 0.0534. The summed E-state index contributed by atoms with van der Waals surface area (Å²) in [4.78, 5) is 20.8. The molecule has 0 radical (unpaired) electrons. The molecular formula is C21H26N4O3S. The van der Waals surface area contributed by atoms with Gasteiger partial charge in [0.05, 0.1) is 11.7 Å². The molecule has 29 heavy (non-hydrogen) atoms. The number of carbonyl (C=O) groups excluding carboxylic acids is 1. The Kier molecular flexibility index (Phi) is 4.80. The molecule has 0 bridgehead atoms. The summed E-state index contributed by atoms with van der Waals surface area (Å²) in [5, 5.41) is 11.9. The van der Waals surface area contributed by atoms with Gasteiger partial charge in [0, 0.05) is 36.7 Å². The van der Waals surface area contributed by atoms with Gasteiger partial charge in [-0.05, 0) is 61.9 Å². The van der Waals surface area contributed by atoms with Crippen LogP contribution in [-0.4, -0.2) is 58.1 Å². The third-order valence-electron chi connectivity index (χ3n) is 6.97. The average Bonchev–Trinajstić information content (AvgIpc) is 3.45. The number of rotatable bonds is 4. The standard InChI is InChI=1S/C21H26N4O3S/c1-14-15(2-3-16-17(14)11-28-19(16)27)18(26)10-24-7-4-21(5-8-24)6-9-25(12-21)20-22-13-23-29-20/h2-3,13,18,26H,4-12H2,1H3/t18-/m0/s1. The van der Waals surface area contributed by atoms with E-state index in [1.165, 1.54) is 18.0 Å². The molecule has 154 valence electrons. The number of fused-ring (bicyclic) bond motifs is 1. The molecule has 1 N–H and O–H groups in total. The lowest BCUT2D eigenvalue weighted by Crippen LogP contribution is -2.43. The van der Waals surface area contributed by atoms with Crippen molar-refractivity contribution < 1.29 is 14.6 Å². The highest BCUT2D eigenvalue weighted by Crippen LogP contribution is 2.42. The number of hydrogen-bond acceptors (Lipinski definition) is 8. The summed E-state index contributed by atoms with van der Waals surface area (Å²) in [5.74, 6) is -0.260. The summed E-state index contributed by atoms with van der Waals surface area (Å²) < 4.78 is 9.27. The van der Waals surface area contributed by atoms with Crippen LogP contribution in [0, 0.1) is 12.3 Å². The molecule has 2 saturated heterocycles. The van der Waals surface area contributed by atoms with Gasteiger partial charge in [-0.25, -0.2) is 9.78 Å². The second kappa shape index (κ2) is 7.34. The summed E-state index contributed by atoms with van der Waals surface area (Å²) >= 11 is 1.48.